The van der Waals surface area contributed by atoms with Gasteiger partial charge in [0.1, 0.15) is 5.75 Å². The molecule has 7 heteroatoms. The zero-order valence-electron chi connectivity index (χ0n) is 17.5. The molecule has 0 unspecified atom stereocenters. The van der Waals surface area contributed by atoms with Crippen molar-refractivity contribution < 1.29 is 9.53 Å². The molecule has 0 aromatic heterocycles. The van der Waals surface area contributed by atoms with Crippen LogP contribution in [0.15, 0.2) is 23.2 Å². The second-order valence-corrected chi connectivity index (χ2v) is 7.68. The Kier molecular flexibility index (Phi) is 10.6. The van der Waals surface area contributed by atoms with Gasteiger partial charge in [-0.05, 0) is 49.3 Å². The largest absolute Gasteiger partial charge is 0.493 e. The van der Waals surface area contributed by atoms with Crippen molar-refractivity contribution in [1.29, 1.82) is 0 Å². The fourth-order valence-corrected chi connectivity index (χ4v) is 3.97. The maximum Gasteiger partial charge on any atom is 0.220 e. The normalized spacial score (nSPS) is 16.0. The standard InChI is InChI=1S/C22H34N4O2.HI/c1-2-23-22(26-13-12-24-21(27)16-17-5-3-4-6-17)25-11-9-18-7-8-20-19(15-18)10-14-28-20;/h7-8,15,17H,2-6,9-14,16H2,1H3,(H,24,27)(H2,23,25,26);1H. The van der Waals surface area contributed by atoms with E-state index < -0.39 is 0 Å². The van der Waals surface area contributed by atoms with Gasteiger partial charge < -0.3 is 20.7 Å². The number of aliphatic imine (C=N–C) groups is 1. The number of hydrogen-bond donors (Lipinski definition) is 3. The van der Waals surface area contributed by atoms with Crippen molar-refractivity contribution in [2.75, 3.05) is 32.8 Å². The van der Waals surface area contributed by atoms with Crippen molar-refractivity contribution >= 4 is 35.8 Å². The van der Waals surface area contributed by atoms with Crippen LogP contribution >= 0.6 is 24.0 Å². The molecule has 1 aromatic rings. The zero-order valence-corrected chi connectivity index (χ0v) is 19.8. The van der Waals surface area contributed by atoms with Crippen molar-refractivity contribution in [3.8, 4) is 5.75 Å². The first-order valence-electron chi connectivity index (χ1n) is 10.8. The second kappa shape index (κ2) is 12.9. The maximum atomic E-state index is 12.0. The summed E-state index contributed by atoms with van der Waals surface area (Å²) in [7, 11) is 0. The number of guanidine groups is 1. The van der Waals surface area contributed by atoms with Gasteiger partial charge in [0.15, 0.2) is 5.96 Å². The van der Waals surface area contributed by atoms with Gasteiger partial charge in [-0.2, -0.15) is 0 Å². The van der Waals surface area contributed by atoms with Crippen molar-refractivity contribution in [2.45, 2.75) is 51.9 Å². The summed E-state index contributed by atoms with van der Waals surface area (Å²) in [6.45, 7) is 5.70. The summed E-state index contributed by atoms with van der Waals surface area (Å²) in [5.74, 6) is 2.60. The molecule has 1 aliphatic heterocycles. The Morgan fingerprint density at radius 1 is 1.17 bits per heavy atom. The van der Waals surface area contributed by atoms with E-state index in [1.807, 2.05) is 0 Å². The number of halogens is 1. The summed E-state index contributed by atoms with van der Waals surface area (Å²) < 4.78 is 5.56. The van der Waals surface area contributed by atoms with Crippen LogP contribution in [0.3, 0.4) is 0 Å². The number of nitrogens with zero attached hydrogens (tertiary/aromatic N) is 1. The monoisotopic (exact) mass is 514 g/mol. The molecule has 2 aliphatic rings. The van der Waals surface area contributed by atoms with Crippen LogP contribution in [0.25, 0.3) is 0 Å². The molecule has 0 bridgehead atoms. The minimum Gasteiger partial charge on any atom is -0.493 e. The molecule has 3 N–H and O–H groups in total. The van der Waals surface area contributed by atoms with Crippen molar-refractivity contribution in [3.05, 3.63) is 29.3 Å². The van der Waals surface area contributed by atoms with Crippen LogP contribution in [-0.4, -0.2) is 44.7 Å². The maximum absolute atomic E-state index is 12.0. The molecule has 1 saturated carbocycles. The Morgan fingerprint density at radius 3 is 2.76 bits per heavy atom. The van der Waals surface area contributed by atoms with E-state index in [1.54, 1.807) is 0 Å². The van der Waals surface area contributed by atoms with Gasteiger partial charge in [-0.1, -0.05) is 25.0 Å². The highest BCUT2D eigenvalue weighted by molar-refractivity contribution is 14.0. The van der Waals surface area contributed by atoms with Gasteiger partial charge in [0.2, 0.25) is 5.91 Å². The van der Waals surface area contributed by atoms with Crippen LogP contribution in [-0.2, 0) is 17.6 Å². The fraction of sp³-hybridized carbons (Fsp3) is 0.636. The fourth-order valence-electron chi connectivity index (χ4n) is 3.97. The smallest absolute Gasteiger partial charge is 0.220 e. The van der Waals surface area contributed by atoms with Gasteiger partial charge in [0.05, 0.1) is 6.61 Å². The van der Waals surface area contributed by atoms with Crippen molar-refractivity contribution in [3.63, 3.8) is 0 Å². The predicted molar refractivity (Wildman–Crippen MR) is 128 cm³/mol. The Morgan fingerprint density at radius 2 is 1.97 bits per heavy atom. The molecule has 1 aliphatic carbocycles. The second-order valence-electron chi connectivity index (χ2n) is 7.68. The summed E-state index contributed by atoms with van der Waals surface area (Å²) in [6, 6.07) is 6.43. The summed E-state index contributed by atoms with van der Waals surface area (Å²) >= 11 is 0. The number of amides is 1. The lowest BCUT2D eigenvalue weighted by molar-refractivity contribution is -0.121. The number of nitrogens with one attached hydrogen (secondary N) is 3. The molecule has 0 spiro atoms. The third-order valence-electron chi connectivity index (χ3n) is 5.46. The van der Waals surface area contributed by atoms with Crippen molar-refractivity contribution in [1.82, 2.24) is 16.0 Å². The molecular formula is C22H35IN4O2. The van der Waals surface area contributed by atoms with Gasteiger partial charge in [-0.3, -0.25) is 9.79 Å². The minimum absolute atomic E-state index is 0. The van der Waals surface area contributed by atoms with Gasteiger partial charge in [0, 0.05) is 39.0 Å². The first kappa shape index (κ1) is 23.8. The first-order chi connectivity index (χ1) is 13.7. The van der Waals surface area contributed by atoms with E-state index in [2.05, 4.69) is 46.1 Å². The van der Waals surface area contributed by atoms with E-state index in [-0.39, 0.29) is 29.9 Å². The van der Waals surface area contributed by atoms with Crippen molar-refractivity contribution in [2.24, 2.45) is 10.9 Å². The molecule has 6 nitrogen and oxygen atoms in total. The highest BCUT2D eigenvalue weighted by Crippen LogP contribution is 2.27. The molecular weight excluding hydrogens is 479 g/mol. The molecule has 1 heterocycles. The van der Waals surface area contributed by atoms with Gasteiger partial charge in [-0.15, -0.1) is 24.0 Å². The SMILES string of the molecule is CCNC(=NCCc1ccc2c(c1)CCO2)NCCNC(=O)CC1CCCC1.I. The molecule has 162 valence electrons. The molecule has 3 rings (SSSR count). The third kappa shape index (κ3) is 8.03. The lowest BCUT2D eigenvalue weighted by Gasteiger charge is -2.13. The average molecular weight is 514 g/mol. The van der Waals surface area contributed by atoms with E-state index in [1.165, 1.54) is 36.8 Å². The number of hydrogen-bond acceptors (Lipinski definition) is 3. The number of ether oxygens (including phenoxy) is 1. The van der Waals surface area contributed by atoms with Crippen LogP contribution < -0.4 is 20.7 Å². The van der Waals surface area contributed by atoms with Crippen LogP contribution in [0.5, 0.6) is 5.75 Å². The van der Waals surface area contributed by atoms with Crippen LogP contribution in [0, 0.1) is 5.92 Å². The Hall–Kier alpha value is -1.51. The number of carbonyl (C=O) groups excluding carboxylic acids is 1. The van der Waals surface area contributed by atoms with Gasteiger partial charge in [-0.25, -0.2) is 0 Å². The number of rotatable bonds is 9. The average Bonchev–Trinajstić information content (AvgIpc) is 3.36. The van der Waals surface area contributed by atoms with E-state index in [4.69, 9.17) is 4.74 Å². The number of carbonyl (C=O) groups is 1. The summed E-state index contributed by atoms with van der Waals surface area (Å²) in [4.78, 5) is 16.6. The molecule has 0 radical (unpaired) electrons. The number of benzene rings is 1. The Labute approximate surface area is 191 Å². The van der Waals surface area contributed by atoms with E-state index in [0.29, 0.717) is 25.4 Å². The van der Waals surface area contributed by atoms with Crippen LogP contribution in [0.1, 0.15) is 50.2 Å². The molecule has 0 saturated heterocycles. The minimum atomic E-state index is 0. The lowest BCUT2D eigenvalue weighted by Crippen LogP contribution is -2.41. The lowest BCUT2D eigenvalue weighted by atomic mass is 10.0. The molecule has 1 fully saturated rings. The van der Waals surface area contributed by atoms with Gasteiger partial charge >= 0.3 is 0 Å². The predicted octanol–water partition coefficient (Wildman–Crippen LogP) is 3.03. The highest BCUT2D eigenvalue weighted by Gasteiger charge is 2.18. The summed E-state index contributed by atoms with van der Waals surface area (Å²) in [5, 5.41) is 9.58. The van der Waals surface area contributed by atoms with Crippen LogP contribution in [0.4, 0.5) is 0 Å². The van der Waals surface area contributed by atoms with Gasteiger partial charge in [0.25, 0.3) is 0 Å². The Balaban J connectivity index is 0.00000300. The van der Waals surface area contributed by atoms with E-state index in [9.17, 15) is 4.79 Å². The van der Waals surface area contributed by atoms with E-state index >= 15 is 0 Å². The topological polar surface area (TPSA) is 74.8 Å². The zero-order chi connectivity index (χ0) is 19.6. The molecule has 1 aromatic carbocycles. The van der Waals surface area contributed by atoms with E-state index in [0.717, 1.165) is 44.2 Å². The molecule has 29 heavy (non-hydrogen) atoms. The summed E-state index contributed by atoms with van der Waals surface area (Å²) in [5.41, 5.74) is 2.60. The third-order valence-corrected chi connectivity index (χ3v) is 5.46. The first-order valence-corrected chi connectivity index (χ1v) is 10.8. The summed E-state index contributed by atoms with van der Waals surface area (Å²) in [6.07, 6.45) is 7.56. The van der Waals surface area contributed by atoms with Crippen LogP contribution in [0.2, 0.25) is 0 Å². The Bertz CT molecular complexity index is 675. The molecule has 1 amide bonds. The number of fused-ring (bicyclic) bond motifs is 1. The molecule has 0 atom stereocenters. The quantitative estimate of drug-likeness (QED) is 0.205. The highest BCUT2D eigenvalue weighted by atomic mass is 127.